The lowest BCUT2D eigenvalue weighted by Crippen LogP contribution is -1.85. The number of hydrogen-bond acceptors (Lipinski definition) is 4. The summed E-state index contributed by atoms with van der Waals surface area (Å²) in [6.45, 7) is 11.1. The molecule has 0 rings (SSSR count). The van der Waals surface area contributed by atoms with Crippen LogP contribution >= 0.6 is 0 Å². The van der Waals surface area contributed by atoms with Crippen molar-refractivity contribution in [2.75, 3.05) is 13.2 Å². The molecule has 0 aliphatic rings. The summed E-state index contributed by atoms with van der Waals surface area (Å²) in [5.41, 5.74) is 0. The molecule has 0 unspecified atom stereocenters. The second kappa shape index (κ2) is 29.6. The van der Waals surface area contributed by atoms with Crippen LogP contribution in [0.3, 0.4) is 0 Å². The molecule has 17 heavy (non-hydrogen) atoms. The van der Waals surface area contributed by atoms with Crippen molar-refractivity contribution >= 4 is 5.78 Å². The average Bonchev–Trinajstić information content (AvgIpc) is 2.18. The smallest absolute Gasteiger partial charge is 0.126 e. The lowest BCUT2D eigenvalue weighted by Gasteiger charge is -1.80. The molecule has 0 amide bonds. The van der Waals surface area contributed by atoms with Gasteiger partial charge in [-0.25, -0.2) is 0 Å². The van der Waals surface area contributed by atoms with Gasteiger partial charge in [0.15, 0.2) is 0 Å². The number of rotatable bonds is 3. The number of aliphatic hydroxyl groups excluding tert-OH is 3. The summed E-state index contributed by atoms with van der Waals surface area (Å²) in [6, 6.07) is 0. The fraction of sp³-hybridized carbons (Fsp3) is 0.923. The van der Waals surface area contributed by atoms with E-state index in [1.54, 1.807) is 13.8 Å². The lowest BCUT2D eigenvalue weighted by atomic mass is 10.4. The Balaban J connectivity index is -0.0000000667. The summed E-state index contributed by atoms with van der Waals surface area (Å²) < 4.78 is 0. The van der Waals surface area contributed by atoms with E-state index < -0.39 is 0 Å². The molecule has 0 atom stereocenters. The Morgan fingerprint density at radius 3 is 1.24 bits per heavy atom. The highest BCUT2D eigenvalue weighted by molar-refractivity contribution is 5.72. The SMILES string of the molecule is CC(C)=O.CC(C)O.CCCCO.CCCO. The molecular formula is C13H32O4. The molecular weight excluding hydrogens is 220 g/mol. The van der Waals surface area contributed by atoms with Crippen molar-refractivity contribution in [3.05, 3.63) is 0 Å². The predicted octanol–water partition coefficient (Wildman–Crippen LogP) is 2.15. The molecule has 0 aliphatic heterocycles. The number of unbranched alkanes of at least 4 members (excludes halogenated alkanes) is 1. The summed E-state index contributed by atoms with van der Waals surface area (Å²) in [7, 11) is 0. The molecule has 0 aromatic carbocycles. The Hall–Kier alpha value is -0.450. The van der Waals surface area contributed by atoms with Gasteiger partial charge in [-0.15, -0.1) is 0 Å². The van der Waals surface area contributed by atoms with Gasteiger partial charge in [0.25, 0.3) is 0 Å². The number of Topliss-reactive ketones (excluding diaryl/α,β-unsaturated/α-hetero) is 1. The molecule has 108 valence electrons. The van der Waals surface area contributed by atoms with E-state index in [-0.39, 0.29) is 11.9 Å². The van der Waals surface area contributed by atoms with Gasteiger partial charge in [0.1, 0.15) is 5.78 Å². The molecule has 0 aromatic rings. The molecule has 0 aliphatic carbocycles. The Kier molecular flexibility index (Phi) is 44.2. The van der Waals surface area contributed by atoms with Crippen LogP contribution in [-0.4, -0.2) is 40.4 Å². The Morgan fingerprint density at radius 2 is 1.24 bits per heavy atom. The molecule has 0 radical (unpaired) electrons. The summed E-state index contributed by atoms with van der Waals surface area (Å²) in [5.74, 6) is 0.167. The second-order valence-corrected chi connectivity index (χ2v) is 3.80. The maximum atomic E-state index is 9.44. The van der Waals surface area contributed by atoms with Crippen molar-refractivity contribution in [2.24, 2.45) is 0 Å². The highest BCUT2D eigenvalue weighted by atomic mass is 16.3. The second-order valence-electron chi connectivity index (χ2n) is 3.80. The molecule has 3 N–H and O–H groups in total. The molecule has 0 bridgehead atoms. The van der Waals surface area contributed by atoms with E-state index in [9.17, 15) is 4.79 Å². The number of carbonyl (C=O) groups excluding carboxylic acids is 1. The highest BCUT2D eigenvalue weighted by Crippen LogP contribution is 1.78. The van der Waals surface area contributed by atoms with Gasteiger partial charge in [0.05, 0.1) is 0 Å². The first kappa shape index (κ1) is 25.4. The summed E-state index contributed by atoms with van der Waals surface area (Å²) in [6.07, 6.45) is 2.75. The maximum absolute atomic E-state index is 9.44. The van der Waals surface area contributed by atoms with E-state index in [0.29, 0.717) is 13.2 Å². The number of aliphatic hydroxyl groups is 3. The molecule has 4 nitrogen and oxygen atoms in total. The third-order valence-electron chi connectivity index (χ3n) is 0.735. The van der Waals surface area contributed by atoms with Crippen molar-refractivity contribution in [3.63, 3.8) is 0 Å². The highest BCUT2D eigenvalue weighted by Gasteiger charge is 1.69. The minimum atomic E-state index is -0.167. The van der Waals surface area contributed by atoms with E-state index in [4.69, 9.17) is 15.3 Å². The molecule has 0 aromatic heterocycles. The van der Waals surface area contributed by atoms with Gasteiger partial charge in [-0.05, 0) is 40.5 Å². The van der Waals surface area contributed by atoms with Gasteiger partial charge in [-0.2, -0.15) is 0 Å². The van der Waals surface area contributed by atoms with Crippen LogP contribution in [0.5, 0.6) is 0 Å². The fourth-order valence-electron chi connectivity index (χ4n) is 0.158. The summed E-state index contributed by atoms with van der Waals surface area (Å²) >= 11 is 0. The molecule has 0 spiro atoms. The van der Waals surface area contributed by atoms with E-state index in [0.717, 1.165) is 19.3 Å². The Morgan fingerprint density at radius 1 is 1.00 bits per heavy atom. The molecule has 0 saturated heterocycles. The van der Waals surface area contributed by atoms with Crippen LogP contribution in [0, 0.1) is 0 Å². The normalized spacial score (nSPS) is 7.88. The first-order chi connectivity index (χ1) is 7.79. The molecule has 4 heteroatoms. The van der Waals surface area contributed by atoms with Crippen molar-refractivity contribution in [2.45, 2.75) is 66.9 Å². The van der Waals surface area contributed by atoms with Gasteiger partial charge < -0.3 is 20.1 Å². The quantitative estimate of drug-likeness (QED) is 0.719. The topological polar surface area (TPSA) is 77.8 Å². The molecule has 0 saturated carbocycles. The van der Waals surface area contributed by atoms with Gasteiger partial charge in [-0.1, -0.05) is 20.3 Å². The zero-order chi connectivity index (χ0) is 14.7. The fourth-order valence-corrected chi connectivity index (χ4v) is 0.158. The summed E-state index contributed by atoms with van der Waals surface area (Å²) in [4.78, 5) is 9.44. The average molecular weight is 252 g/mol. The standard InChI is InChI=1S/C4H10O.C3H8O.C3H6O.C3H8O/c1-2-3-4-5;2*1-3(2)4;1-2-3-4/h5H,2-4H2,1H3;3-4H,1-2H3;1-2H3;4H,2-3H2,1H3. The molecule has 0 fully saturated rings. The first-order valence-electron chi connectivity index (χ1n) is 6.16. The third-order valence-corrected chi connectivity index (χ3v) is 0.735. The third kappa shape index (κ3) is 439. The monoisotopic (exact) mass is 252 g/mol. The van der Waals surface area contributed by atoms with Crippen LogP contribution in [-0.2, 0) is 4.79 Å². The zero-order valence-corrected chi connectivity index (χ0v) is 12.4. The van der Waals surface area contributed by atoms with Crippen LogP contribution < -0.4 is 0 Å². The Labute approximate surface area is 107 Å². The number of ketones is 1. The van der Waals surface area contributed by atoms with Crippen LogP contribution in [0.15, 0.2) is 0 Å². The van der Waals surface area contributed by atoms with Gasteiger partial charge in [0.2, 0.25) is 0 Å². The molecule has 0 heterocycles. The zero-order valence-electron chi connectivity index (χ0n) is 12.4. The predicted molar refractivity (Wildman–Crippen MR) is 73.1 cm³/mol. The largest absolute Gasteiger partial charge is 0.396 e. The number of hydrogen-bond donors (Lipinski definition) is 3. The van der Waals surface area contributed by atoms with Gasteiger partial charge in [0, 0.05) is 19.3 Å². The van der Waals surface area contributed by atoms with E-state index in [1.807, 2.05) is 6.92 Å². The van der Waals surface area contributed by atoms with Crippen LogP contribution in [0.4, 0.5) is 0 Å². The van der Waals surface area contributed by atoms with E-state index in [2.05, 4.69) is 6.92 Å². The van der Waals surface area contributed by atoms with Crippen LogP contribution in [0.1, 0.15) is 60.8 Å². The van der Waals surface area contributed by atoms with Crippen molar-refractivity contribution in [1.82, 2.24) is 0 Å². The minimum Gasteiger partial charge on any atom is -0.396 e. The van der Waals surface area contributed by atoms with Crippen LogP contribution in [0.2, 0.25) is 0 Å². The van der Waals surface area contributed by atoms with Crippen molar-refractivity contribution in [3.8, 4) is 0 Å². The van der Waals surface area contributed by atoms with E-state index >= 15 is 0 Å². The van der Waals surface area contributed by atoms with Gasteiger partial charge in [-0.3, -0.25) is 0 Å². The van der Waals surface area contributed by atoms with Crippen molar-refractivity contribution < 1.29 is 20.1 Å². The van der Waals surface area contributed by atoms with E-state index in [1.165, 1.54) is 13.8 Å². The van der Waals surface area contributed by atoms with Gasteiger partial charge >= 0.3 is 0 Å². The Bertz CT molecular complexity index is 103. The maximum Gasteiger partial charge on any atom is 0.126 e. The lowest BCUT2D eigenvalue weighted by molar-refractivity contribution is -0.114. The van der Waals surface area contributed by atoms with Crippen molar-refractivity contribution in [1.29, 1.82) is 0 Å². The number of carbonyl (C=O) groups is 1. The summed E-state index contributed by atoms with van der Waals surface area (Å²) in [5, 5.41) is 24.0. The first-order valence-corrected chi connectivity index (χ1v) is 6.16. The minimum absolute atomic E-state index is 0.167. The van der Waals surface area contributed by atoms with Crippen LogP contribution in [0.25, 0.3) is 0 Å².